The van der Waals surface area contributed by atoms with E-state index in [1.165, 1.54) is 6.07 Å². The van der Waals surface area contributed by atoms with Crippen LogP contribution in [0, 0.1) is 34.0 Å². The Hall–Kier alpha value is -1.66. The van der Waals surface area contributed by atoms with E-state index in [0.717, 1.165) is 63.4 Å². The molecule has 6 heteroatoms. The molecule has 200 valence electrons. The maximum atomic E-state index is 12.4. The Morgan fingerprint density at radius 2 is 1.83 bits per heavy atom. The molecule has 4 fully saturated rings. The van der Waals surface area contributed by atoms with Crippen LogP contribution in [0.15, 0.2) is 27.6 Å². The first kappa shape index (κ1) is 26.0. The highest BCUT2D eigenvalue weighted by Crippen LogP contribution is 2.70. The number of carbonyl (C=O) groups is 1. The average molecular weight is 501 g/mol. The molecule has 36 heavy (non-hydrogen) atoms. The number of rotatable bonds is 4. The summed E-state index contributed by atoms with van der Waals surface area (Å²) in [6.45, 7) is 10.3. The summed E-state index contributed by atoms with van der Waals surface area (Å²) < 4.78 is 16.6. The maximum Gasteiger partial charge on any atom is 0.335 e. The maximum absolute atomic E-state index is 12.4. The quantitative estimate of drug-likeness (QED) is 0.415. The van der Waals surface area contributed by atoms with E-state index in [0.29, 0.717) is 17.8 Å². The SMILES string of the molecule is CC(C)(C)C(=O)OCO[C@H]1CC[C@@]2(C)[C@H](CC[C@@H]3[C@@H]2CC[C@]2(C)[C@@H](c4ccc(=O)oc4)CC[C@]32O)C1. The van der Waals surface area contributed by atoms with Gasteiger partial charge in [0.25, 0.3) is 0 Å². The van der Waals surface area contributed by atoms with E-state index in [2.05, 4.69) is 13.8 Å². The molecule has 1 aromatic heterocycles. The summed E-state index contributed by atoms with van der Waals surface area (Å²) in [4.78, 5) is 23.6. The highest BCUT2D eigenvalue weighted by Gasteiger charge is 2.67. The fourth-order valence-electron chi connectivity index (χ4n) is 8.84. The van der Waals surface area contributed by atoms with E-state index in [9.17, 15) is 14.7 Å². The van der Waals surface area contributed by atoms with Crippen LogP contribution in [-0.2, 0) is 14.3 Å². The topological polar surface area (TPSA) is 86.0 Å². The second kappa shape index (κ2) is 8.97. The first-order valence-corrected chi connectivity index (χ1v) is 14.0. The van der Waals surface area contributed by atoms with Crippen molar-refractivity contribution in [3.05, 3.63) is 34.4 Å². The second-order valence-electron chi connectivity index (χ2n) is 13.7. The van der Waals surface area contributed by atoms with Gasteiger partial charge in [0.05, 0.1) is 23.4 Å². The van der Waals surface area contributed by atoms with Crippen LogP contribution in [0.2, 0.25) is 0 Å². The third-order valence-electron chi connectivity index (χ3n) is 11.0. The Morgan fingerprint density at radius 3 is 2.53 bits per heavy atom. The van der Waals surface area contributed by atoms with E-state index >= 15 is 0 Å². The largest absolute Gasteiger partial charge is 0.438 e. The zero-order valence-electron chi connectivity index (χ0n) is 22.7. The van der Waals surface area contributed by atoms with Gasteiger partial charge in [0.1, 0.15) is 0 Å². The van der Waals surface area contributed by atoms with Crippen molar-refractivity contribution < 1.29 is 23.8 Å². The van der Waals surface area contributed by atoms with E-state index in [-0.39, 0.29) is 41.2 Å². The Morgan fingerprint density at radius 1 is 1.06 bits per heavy atom. The van der Waals surface area contributed by atoms with E-state index in [4.69, 9.17) is 13.9 Å². The average Bonchev–Trinajstić information content (AvgIpc) is 3.10. The van der Waals surface area contributed by atoms with Gasteiger partial charge in [-0.05, 0) is 119 Å². The Labute approximate surface area is 215 Å². The summed E-state index contributed by atoms with van der Waals surface area (Å²) in [6.07, 6.45) is 10.9. The molecule has 0 spiro atoms. The number of carbonyl (C=O) groups excluding carboxylic acids is 1. The van der Waals surface area contributed by atoms with Crippen LogP contribution < -0.4 is 5.63 Å². The number of esters is 1. The fraction of sp³-hybridized carbons (Fsp3) is 0.800. The summed E-state index contributed by atoms with van der Waals surface area (Å²) in [5.41, 5.74) is -0.459. The van der Waals surface area contributed by atoms with Gasteiger partial charge in [0.2, 0.25) is 0 Å². The predicted molar refractivity (Wildman–Crippen MR) is 136 cm³/mol. The lowest BCUT2D eigenvalue weighted by Gasteiger charge is -2.63. The highest BCUT2D eigenvalue weighted by molar-refractivity contribution is 5.75. The Balaban J connectivity index is 1.27. The lowest BCUT2D eigenvalue weighted by Crippen LogP contribution is -2.62. The summed E-state index contributed by atoms with van der Waals surface area (Å²) >= 11 is 0. The predicted octanol–water partition coefficient (Wildman–Crippen LogP) is 5.81. The van der Waals surface area contributed by atoms with E-state index in [1.807, 2.05) is 26.8 Å². The number of aliphatic hydroxyl groups is 1. The molecular formula is C30H44O6. The van der Waals surface area contributed by atoms with Crippen LogP contribution in [0.5, 0.6) is 0 Å². The van der Waals surface area contributed by atoms with Gasteiger partial charge in [-0.2, -0.15) is 0 Å². The molecule has 4 aliphatic rings. The van der Waals surface area contributed by atoms with Crippen LogP contribution in [0.1, 0.15) is 104 Å². The van der Waals surface area contributed by atoms with E-state index in [1.54, 1.807) is 6.26 Å². The lowest BCUT2D eigenvalue weighted by atomic mass is 9.43. The molecule has 0 aromatic carbocycles. The van der Waals surface area contributed by atoms with Crippen LogP contribution >= 0.6 is 0 Å². The second-order valence-corrected chi connectivity index (χ2v) is 13.7. The van der Waals surface area contributed by atoms with Crippen LogP contribution in [0.3, 0.4) is 0 Å². The van der Waals surface area contributed by atoms with Crippen LogP contribution in [0.4, 0.5) is 0 Å². The molecule has 0 unspecified atom stereocenters. The number of hydrogen-bond acceptors (Lipinski definition) is 6. The number of fused-ring (bicyclic) bond motifs is 5. The van der Waals surface area contributed by atoms with Crippen molar-refractivity contribution in [3.8, 4) is 0 Å². The minimum absolute atomic E-state index is 0.0371. The molecule has 6 nitrogen and oxygen atoms in total. The summed E-state index contributed by atoms with van der Waals surface area (Å²) in [5.74, 6) is 1.39. The molecule has 0 amide bonds. The first-order valence-electron chi connectivity index (χ1n) is 14.0. The van der Waals surface area contributed by atoms with Crippen molar-refractivity contribution in [2.75, 3.05) is 6.79 Å². The zero-order chi connectivity index (χ0) is 25.9. The Bertz CT molecular complexity index is 1020. The summed E-state index contributed by atoms with van der Waals surface area (Å²) in [7, 11) is 0. The van der Waals surface area contributed by atoms with Crippen molar-refractivity contribution in [3.63, 3.8) is 0 Å². The van der Waals surface area contributed by atoms with Crippen molar-refractivity contribution in [1.82, 2.24) is 0 Å². The van der Waals surface area contributed by atoms with Crippen LogP contribution in [0.25, 0.3) is 0 Å². The molecule has 1 aromatic rings. The van der Waals surface area contributed by atoms with Gasteiger partial charge in [-0.15, -0.1) is 0 Å². The van der Waals surface area contributed by atoms with Gasteiger partial charge in [0.15, 0.2) is 6.79 Å². The molecule has 0 radical (unpaired) electrons. The molecule has 5 rings (SSSR count). The summed E-state index contributed by atoms with van der Waals surface area (Å²) in [5, 5.41) is 12.4. The molecule has 0 bridgehead atoms. The van der Waals surface area contributed by atoms with Crippen molar-refractivity contribution >= 4 is 5.97 Å². The van der Waals surface area contributed by atoms with Gasteiger partial charge in [-0.25, -0.2) is 4.79 Å². The van der Waals surface area contributed by atoms with Crippen molar-refractivity contribution in [2.24, 2.45) is 34.0 Å². The first-order chi connectivity index (χ1) is 16.9. The smallest absolute Gasteiger partial charge is 0.335 e. The zero-order valence-corrected chi connectivity index (χ0v) is 22.7. The highest BCUT2D eigenvalue weighted by atomic mass is 16.7. The normalized spacial score (nSPS) is 42.2. The molecule has 4 saturated carbocycles. The van der Waals surface area contributed by atoms with Gasteiger partial charge >= 0.3 is 11.6 Å². The molecule has 8 atom stereocenters. The van der Waals surface area contributed by atoms with Gasteiger partial charge in [-0.1, -0.05) is 13.8 Å². The fourth-order valence-corrected chi connectivity index (χ4v) is 8.84. The molecule has 0 aliphatic heterocycles. The monoisotopic (exact) mass is 500 g/mol. The molecule has 4 aliphatic carbocycles. The molecule has 0 saturated heterocycles. The molecular weight excluding hydrogens is 456 g/mol. The van der Waals surface area contributed by atoms with Gasteiger partial charge < -0.3 is 19.0 Å². The Kier molecular flexibility index (Phi) is 6.47. The standard InChI is InChI=1S/C30H44O6/c1-27(2,3)26(32)36-18-35-21-10-13-28(4)20(16-21)7-8-24-23(28)11-14-29(5)22(12-15-30(24,29)33)19-6-9-25(31)34-17-19/h6,9,17,20-24,33H,7-8,10-16,18H2,1-5H3/t20-,21+,22-,23+,24-,28+,29-,30+/m1/s1. The van der Waals surface area contributed by atoms with Gasteiger partial charge in [0, 0.05) is 11.5 Å². The van der Waals surface area contributed by atoms with Gasteiger partial charge in [-0.3, -0.25) is 4.79 Å². The van der Waals surface area contributed by atoms with Crippen molar-refractivity contribution in [2.45, 2.75) is 110 Å². The minimum atomic E-state index is -0.681. The lowest BCUT2D eigenvalue weighted by molar-refractivity contribution is -0.211. The number of ether oxygens (including phenoxy) is 2. The van der Waals surface area contributed by atoms with E-state index < -0.39 is 11.0 Å². The third kappa shape index (κ3) is 4.07. The molecule has 1 heterocycles. The van der Waals surface area contributed by atoms with Crippen LogP contribution in [-0.4, -0.2) is 29.6 Å². The molecule has 1 N–H and O–H groups in total. The number of hydrogen-bond donors (Lipinski definition) is 1. The third-order valence-corrected chi connectivity index (χ3v) is 11.0. The summed E-state index contributed by atoms with van der Waals surface area (Å²) in [6, 6.07) is 3.41. The minimum Gasteiger partial charge on any atom is -0.438 e. The van der Waals surface area contributed by atoms with Crippen molar-refractivity contribution in [1.29, 1.82) is 0 Å².